The minimum Gasteiger partial charge on any atom is -0.366 e. The lowest BCUT2D eigenvalue weighted by molar-refractivity contribution is -0.113. The summed E-state index contributed by atoms with van der Waals surface area (Å²) in [5.41, 5.74) is 4.53. The Labute approximate surface area is 101 Å². The molecule has 0 saturated carbocycles. The molecule has 0 fully saturated rings. The Morgan fingerprint density at radius 2 is 1.86 bits per heavy atom. The number of rotatable bonds is 3. The third-order valence-electron chi connectivity index (χ3n) is 0.745. The molecule has 80 valence electrons. The third kappa shape index (κ3) is 29.7. The minimum absolute atomic E-state index is 0. The van der Waals surface area contributed by atoms with Crippen LogP contribution in [0, 0.1) is 5.92 Å². The number of amides is 1. The molecule has 0 aliphatic carbocycles. The fourth-order valence-electron chi connectivity index (χ4n) is 0.421. The van der Waals surface area contributed by atoms with Gasteiger partial charge in [-0.05, 0) is 12.0 Å². The summed E-state index contributed by atoms with van der Waals surface area (Å²) in [5.74, 6) is -0.623. The highest BCUT2D eigenvalue weighted by Gasteiger charge is 2.05. The third-order valence-corrected chi connectivity index (χ3v) is 1.83. The lowest BCUT2D eigenvalue weighted by Gasteiger charge is -1.97. The van der Waals surface area contributed by atoms with Crippen LogP contribution >= 0.6 is 0 Å². The van der Waals surface area contributed by atoms with Crippen LogP contribution in [0.1, 0.15) is 13.8 Å². The Kier molecular flexibility index (Phi) is 13.1. The molecule has 1 amide bonds. The van der Waals surface area contributed by atoms with Gasteiger partial charge in [0.2, 0.25) is 5.91 Å². The van der Waals surface area contributed by atoms with Gasteiger partial charge in [0, 0.05) is 23.1 Å². The average molecular weight is 234 g/mol. The Morgan fingerprint density at radius 1 is 1.57 bits per heavy atom. The summed E-state index contributed by atoms with van der Waals surface area (Å²) in [4.78, 5) is 9.47. The fourth-order valence-corrected chi connectivity index (χ4v) is 1.26. The first kappa shape index (κ1) is 19.5. The van der Waals surface area contributed by atoms with Crippen molar-refractivity contribution in [2.45, 2.75) is 13.8 Å². The molecule has 3 N–H and O–H groups in total. The van der Waals surface area contributed by atoms with Crippen LogP contribution in [0.4, 0.5) is 0 Å². The highest BCUT2D eigenvalue weighted by molar-refractivity contribution is 7.85. The van der Waals surface area contributed by atoms with E-state index in [1.54, 1.807) is 13.8 Å². The summed E-state index contributed by atoms with van der Waals surface area (Å²) < 4.78 is 28.2. The van der Waals surface area contributed by atoms with E-state index in [1.807, 2.05) is 0 Å². The van der Waals surface area contributed by atoms with Crippen molar-refractivity contribution in [2.24, 2.45) is 11.7 Å². The van der Waals surface area contributed by atoms with Crippen LogP contribution in [0.3, 0.4) is 0 Å². The van der Waals surface area contributed by atoms with Crippen molar-refractivity contribution in [1.82, 2.24) is 0 Å². The number of hydrogen-bond donors (Lipinski definition) is 2. The number of primary amides is 1. The quantitative estimate of drug-likeness (QED) is 0.401. The normalized spacial score (nSPS) is 9.43. The molecule has 0 spiro atoms. The fraction of sp³-hybridized carbons (Fsp3) is 0.571. The van der Waals surface area contributed by atoms with Crippen LogP contribution in [0.15, 0.2) is 12.7 Å². The van der Waals surface area contributed by atoms with E-state index in [9.17, 15) is 13.2 Å². The highest BCUT2D eigenvalue weighted by atomic mass is 32.2. The van der Waals surface area contributed by atoms with Gasteiger partial charge in [-0.3, -0.25) is 9.35 Å². The standard InChI is InChI=1S/C4H10O3S.C3H5NO.Mg/c1-4(2)3-8(5,6)7;1-2-3(4)5;/h4H,3H2,1-2H3,(H,5,6,7);2H,1H2,(H2,4,5);. The number of hydrogen-bond acceptors (Lipinski definition) is 3. The maximum absolute atomic E-state index is 10.00. The summed E-state index contributed by atoms with van der Waals surface area (Å²) in [6, 6.07) is 0. The molecular weight excluding hydrogens is 218 g/mol. The molecule has 2 radical (unpaired) electrons. The van der Waals surface area contributed by atoms with Gasteiger partial charge in [-0.25, -0.2) is 0 Å². The summed E-state index contributed by atoms with van der Waals surface area (Å²) >= 11 is 0. The minimum atomic E-state index is -3.72. The van der Waals surface area contributed by atoms with E-state index in [-0.39, 0.29) is 34.7 Å². The van der Waals surface area contributed by atoms with E-state index in [4.69, 9.17) is 4.55 Å². The van der Waals surface area contributed by atoms with Crippen molar-refractivity contribution in [1.29, 1.82) is 0 Å². The summed E-state index contributed by atoms with van der Waals surface area (Å²) in [5, 5.41) is 0. The highest BCUT2D eigenvalue weighted by Crippen LogP contribution is 1.95. The second kappa shape index (κ2) is 9.44. The molecule has 0 aliphatic heterocycles. The Bertz CT molecular complexity index is 261. The van der Waals surface area contributed by atoms with Gasteiger partial charge in [0.25, 0.3) is 10.1 Å². The van der Waals surface area contributed by atoms with E-state index in [0.717, 1.165) is 6.08 Å². The second-order valence-corrected chi connectivity index (χ2v) is 4.25. The molecule has 7 heteroatoms. The van der Waals surface area contributed by atoms with Gasteiger partial charge in [-0.15, -0.1) is 0 Å². The average Bonchev–Trinajstić information content (AvgIpc) is 1.83. The van der Waals surface area contributed by atoms with Gasteiger partial charge in [0.1, 0.15) is 0 Å². The van der Waals surface area contributed by atoms with Gasteiger partial charge in [-0.1, -0.05) is 20.4 Å². The van der Waals surface area contributed by atoms with E-state index in [2.05, 4.69) is 12.3 Å². The molecule has 0 aromatic heterocycles. The molecule has 0 unspecified atom stereocenters. The predicted molar refractivity (Wildman–Crippen MR) is 56.4 cm³/mol. The van der Waals surface area contributed by atoms with Crippen molar-refractivity contribution < 1.29 is 17.8 Å². The maximum Gasteiger partial charge on any atom is 0.265 e. The van der Waals surface area contributed by atoms with Gasteiger partial charge in [-0.2, -0.15) is 8.42 Å². The van der Waals surface area contributed by atoms with Gasteiger partial charge in [0.05, 0.1) is 5.75 Å². The lowest BCUT2D eigenvalue weighted by Crippen LogP contribution is -2.09. The first-order valence-corrected chi connectivity index (χ1v) is 5.17. The zero-order chi connectivity index (χ0) is 11.1. The van der Waals surface area contributed by atoms with Crippen LogP contribution in [-0.2, 0) is 14.9 Å². The van der Waals surface area contributed by atoms with Gasteiger partial charge < -0.3 is 5.73 Å². The molecule has 0 atom stereocenters. The van der Waals surface area contributed by atoms with Crippen LogP contribution in [-0.4, -0.2) is 47.7 Å². The van der Waals surface area contributed by atoms with E-state index >= 15 is 0 Å². The summed E-state index contributed by atoms with van der Waals surface area (Å²) in [7, 11) is -3.72. The monoisotopic (exact) mass is 233 g/mol. The first-order valence-electron chi connectivity index (χ1n) is 3.56. The predicted octanol–water partition coefficient (Wildman–Crippen LogP) is -0.193. The van der Waals surface area contributed by atoms with Crippen LogP contribution in [0.2, 0.25) is 0 Å². The largest absolute Gasteiger partial charge is 0.366 e. The Hall–Kier alpha value is -0.114. The lowest BCUT2D eigenvalue weighted by atomic mass is 10.3. The van der Waals surface area contributed by atoms with Crippen molar-refractivity contribution in [3.63, 3.8) is 0 Å². The molecule has 0 aliphatic rings. The molecule has 0 saturated heterocycles. The zero-order valence-electron chi connectivity index (χ0n) is 8.43. The van der Waals surface area contributed by atoms with E-state index < -0.39 is 16.0 Å². The van der Waals surface area contributed by atoms with Crippen LogP contribution < -0.4 is 5.73 Å². The van der Waals surface area contributed by atoms with Crippen LogP contribution in [0.25, 0.3) is 0 Å². The molecule has 0 heterocycles. The molecule has 0 aromatic rings. The number of nitrogens with two attached hydrogens (primary N) is 1. The smallest absolute Gasteiger partial charge is 0.265 e. The Morgan fingerprint density at radius 3 is 1.86 bits per heavy atom. The second-order valence-electron chi connectivity index (χ2n) is 2.75. The molecule has 0 rings (SSSR count). The molecular formula is C7H15MgNO4S. The van der Waals surface area contributed by atoms with Gasteiger partial charge >= 0.3 is 0 Å². The van der Waals surface area contributed by atoms with Crippen molar-refractivity contribution in [3.05, 3.63) is 12.7 Å². The van der Waals surface area contributed by atoms with Crippen molar-refractivity contribution in [2.75, 3.05) is 5.75 Å². The van der Waals surface area contributed by atoms with Crippen molar-refractivity contribution in [3.8, 4) is 0 Å². The molecule has 0 bridgehead atoms. The van der Waals surface area contributed by atoms with Crippen molar-refractivity contribution >= 4 is 39.1 Å². The first-order chi connectivity index (χ1) is 5.69. The van der Waals surface area contributed by atoms with Gasteiger partial charge in [0.15, 0.2) is 0 Å². The maximum atomic E-state index is 10.00. The van der Waals surface area contributed by atoms with Crippen LogP contribution in [0.5, 0.6) is 0 Å². The van der Waals surface area contributed by atoms with E-state index in [1.165, 1.54) is 0 Å². The molecule has 14 heavy (non-hydrogen) atoms. The molecule has 5 nitrogen and oxygen atoms in total. The number of carbonyl (C=O) groups excluding carboxylic acids is 1. The topological polar surface area (TPSA) is 97.5 Å². The summed E-state index contributed by atoms with van der Waals surface area (Å²) in [6.45, 7) is 6.55. The number of carbonyl (C=O) groups is 1. The Balaban J connectivity index is -0.000000177. The SMILES string of the molecule is C=CC(N)=O.CC(C)CS(=O)(=O)O.[Mg]. The van der Waals surface area contributed by atoms with E-state index in [0.29, 0.717) is 0 Å². The summed E-state index contributed by atoms with van der Waals surface area (Å²) in [6.07, 6.45) is 1.06. The molecule has 0 aromatic carbocycles. The zero-order valence-corrected chi connectivity index (χ0v) is 10.7.